The molecule has 2 heterocycles. The third-order valence-electron chi connectivity index (χ3n) is 4.26. The third kappa shape index (κ3) is 3.93. The summed E-state index contributed by atoms with van der Waals surface area (Å²) in [6.07, 6.45) is 3.13. The first kappa shape index (κ1) is 16.9. The third-order valence-corrected chi connectivity index (χ3v) is 4.26. The van der Waals surface area contributed by atoms with E-state index in [1.54, 1.807) is 17.2 Å². The zero-order chi connectivity index (χ0) is 17.8. The fourth-order valence-electron chi connectivity index (χ4n) is 3.00. The van der Waals surface area contributed by atoms with Crippen molar-refractivity contribution < 1.29 is 9.59 Å². The summed E-state index contributed by atoms with van der Waals surface area (Å²) in [4.78, 5) is 34.2. The van der Waals surface area contributed by atoms with Gasteiger partial charge in [-0.15, -0.1) is 0 Å². The van der Waals surface area contributed by atoms with Gasteiger partial charge < -0.3 is 16.0 Å². The molecular weight excluding hydrogens is 318 g/mol. The van der Waals surface area contributed by atoms with E-state index in [1.165, 1.54) is 0 Å². The highest BCUT2D eigenvalue weighted by molar-refractivity contribution is 5.97. The molecule has 1 unspecified atom stereocenters. The number of rotatable bonds is 5. The largest absolute Gasteiger partial charge is 0.368 e. The predicted octanol–water partition coefficient (Wildman–Crippen LogP) is 1.49. The molecule has 1 aliphatic rings. The van der Waals surface area contributed by atoms with E-state index >= 15 is 0 Å². The molecule has 0 radical (unpaired) electrons. The Bertz CT molecular complexity index is 793. The van der Waals surface area contributed by atoms with E-state index in [0.29, 0.717) is 31.0 Å². The molecule has 0 bridgehead atoms. The summed E-state index contributed by atoms with van der Waals surface area (Å²) in [5.74, 6) is -0.0553. The van der Waals surface area contributed by atoms with E-state index in [1.807, 2.05) is 31.2 Å². The van der Waals surface area contributed by atoms with E-state index < -0.39 is 11.9 Å². The van der Waals surface area contributed by atoms with Crippen LogP contribution in [0.3, 0.4) is 0 Å². The van der Waals surface area contributed by atoms with Crippen molar-refractivity contribution in [1.82, 2.24) is 14.9 Å². The van der Waals surface area contributed by atoms with Gasteiger partial charge in [-0.1, -0.05) is 12.1 Å². The Kier molecular flexibility index (Phi) is 4.92. The van der Waals surface area contributed by atoms with E-state index in [9.17, 15) is 9.59 Å². The van der Waals surface area contributed by atoms with Crippen LogP contribution in [0.1, 0.15) is 34.5 Å². The summed E-state index contributed by atoms with van der Waals surface area (Å²) >= 11 is 0. The fraction of sp³-hybridized carbons (Fsp3) is 0.333. The standard InChI is InChI=1S/C18H21N5O2/c1-12-7-8-20-18(22-12)21-11-13-4-2-5-14(10-13)17(25)23-9-3-6-15(23)16(19)24/h2,4-5,7-8,10,15H,3,6,9,11H2,1H3,(H2,19,24)(H,20,21,22). The lowest BCUT2D eigenvalue weighted by Crippen LogP contribution is -2.43. The minimum atomic E-state index is -0.505. The summed E-state index contributed by atoms with van der Waals surface area (Å²) in [5, 5.41) is 3.14. The molecular formula is C18H21N5O2. The highest BCUT2D eigenvalue weighted by Crippen LogP contribution is 2.20. The number of carbonyl (C=O) groups is 2. The van der Waals surface area contributed by atoms with E-state index in [4.69, 9.17) is 5.73 Å². The van der Waals surface area contributed by atoms with Crippen LogP contribution < -0.4 is 11.1 Å². The van der Waals surface area contributed by atoms with Gasteiger partial charge in [0.05, 0.1) is 0 Å². The van der Waals surface area contributed by atoms with Crippen molar-refractivity contribution in [1.29, 1.82) is 0 Å². The second-order valence-corrected chi connectivity index (χ2v) is 6.13. The maximum absolute atomic E-state index is 12.7. The highest BCUT2D eigenvalue weighted by Gasteiger charge is 2.33. The Labute approximate surface area is 146 Å². The van der Waals surface area contributed by atoms with Crippen molar-refractivity contribution in [2.24, 2.45) is 5.73 Å². The van der Waals surface area contributed by atoms with Crippen LogP contribution in [-0.4, -0.2) is 39.3 Å². The lowest BCUT2D eigenvalue weighted by Gasteiger charge is -2.22. The van der Waals surface area contributed by atoms with Crippen molar-refractivity contribution in [2.45, 2.75) is 32.4 Å². The van der Waals surface area contributed by atoms with E-state index in [0.717, 1.165) is 17.7 Å². The molecule has 7 heteroatoms. The minimum absolute atomic E-state index is 0.157. The molecule has 1 fully saturated rings. The Hall–Kier alpha value is -2.96. The molecule has 1 aliphatic heterocycles. The summed E-state index contributed by atoms with van der Waals surface area (Å²) in [6, 6.07) is 8.66. The minimum Gasteiger partial charge on any atom is -0.368 e. The van der Waals surface area contributed by atoms with E-state index in [-0.39, 0.29) is 5.91 Å². The molecule has 2 amide bonds. The number of likely N-dealkylation sites (tertiary alicyclic amines) is 1. The number of amides is 2. The lowest BCUT2D eigenvalue weighted by molar-refractivity contribution is -0.121. The normalized spacial score (nSPS) is 16.7. The number of hydrogen-bond acceptors (Lipinski definition) is 5. The molecule has 1 atom stereocenters. The van der Waals surface area contributed by atoms with Crippen LogP contribution in [0.15, 0.2) is 36.5 Å². The number of anilines is 1. The first-order chi connectivity index (χ1) is 12.0. The van der Waals surface area contributed by atoms with Crippen molar-refractivity contribution in [3.63, 3.8) is 0 Å². The molecule has 3 N–H and O–H groups in total. The summed E-state index contributed by atoms with van der Waals surface area (Å²) in [5.41, 5.74) is 7.77. The maximum Gasteiger partial charge on any atom is 0.254 e. The van der Waals surface area contributed by atoms with Gasteiger partial charge in [0.1, 0.15) is 6.04 Å². The van der Waals surface area contributed by atoms with Crippen LogP contribution in [-0.2, 0) is 11.3 Å². The number of nitrogens with two attached hydrogens (primary N) is 1. The number of hydrogen-bond donors (Lipinski definition) is 2. The van der Waals surface area contributed by atoms with Crippen LogP contribution >= 0.6 is 0 Å². The van der Waals surface area contributed by atoms with Crippen molar-refractivity contribution >= 4 is 17.8 Å². The second kappa shape index (κ2) is 7.29. The highest BCUT2D eigenvalue weighted by atomic mass is 16.2. The smallest absolute Gasteiger partial charge is 0.254 e. The maximum atomic E-state index is 12.7. The monoisotopic (exact) mass is 339 g/mol. The Morgan fingerprint density at radius 2 is 2.20 bits per heavy atom. The molecule has 7 nitrogen and oxygen atoms in total. The fourth-order valence-corrected chi connectivity index (χ4v) is 3.00. The molecule has 3 rings (SSSR count). The molecule has 0 saturated carbocycles. The number of aryl methyl sites for hydroxylation is 1. The topological polar surface area (TPSA) is 101 Å². The van der Waals surface area contributed by atoms with Gasteiger partial charge in [-0.25, -0.2) is 9.97 Å². The number of carbonyl (C=O) groups excluding carboxylic acids is 2. The Morgan fingerprint density at radius 3 is 2.96 bits per heavy atom. The molecule has 130 valence electrons. The molecule has 2 aromatic rings. The van der Waals surface area contributed by atoms with Crippen LogP contribution in [0.5, 0.6) is 0 Å². The second-order valence-electron chi connectivity index (χ2n) is 6.13. The van der Waals surface area contributed by atoms with Crippen LogP contribution in [0, 0.1) is 6.92 Å². The van der Waals surface area contributed by atoms with Gasteiger partial charge in [0.2, 0.25) is 11.9 Å². The summed E-state index contributed by atoms with van der Waals surface area (Å²) in [7, 11) is 0. The van der Waals surface area contributed by atoms with Gasteiger partial charge in [-0.2, -0.15) is 0 Å². The van der Waals surface area contributed by atoms with Crippen molar-refractivity contribution in [3.8, 4) is 0 Å². The molecule has 1 saturated heterocycles. The number of nitrogens with one attached hydrogen (secondary N) is 1. The van der Waals surface area contributed by atoms with Crippen molar-refractivity contribution in [2.75, 3.05) is 11.9 Å². The first-order valence-electron chi connectivity index (χ1n) is 8.27. The van der Waals surface area contributed by atoms with Crippen molar-refractivity contribution in [3.05, 3.63) is 53.3 Å². The van der Waals surface area contributed by atoms with Gasteiger partial charge in [0.15, 0.2) is 0 Å². The summed E-state index contributed by atoms with van der Waals surface area (Å²) in [6.45, 7) is 2.97. The number of nitrogens with zero attached hydrogens (tertiary/aromatic N) is 3. The summed E-state index contributed by atoms with van der Waals surface area (Å²) < 4.78 is 0. The zero-order valence-corrected chi connectivity index (χ0v) is 14.1. The lowest BCUT2D eigenvalue weighted by atomic mass is 10.1. The molecule has 0 aliphatic carbocycles. The van der Waals surface area contributed by atoms with Gasteiger partial charge >= 0.3 is 0 Å². The first-order valence-corrected chi connectivity index (χ1v) is 8.27. The van der Waals surface area contributed by atoms with Gasteiger partial charge in [-0.05, 0) is 43.5 Å². The van der Waals surface area contributed by atoms with E-state index in [2.05, 4.69) is 15.3 Å². The Balaban J connectivity index is 1.70. The number of aromatic nitrogens is 2. The van der Waals surface area contributed by atoms with Crippen LogP contribution in [0.2, 0.25) is 0 Å². The van der Waals surface area contributed by atoms with Gasteiger partial charge in [0, 0.05) is 30.5 Å². The number of primary amides is 1. The quantitative estimate of drug-likeness (QED) is 0.859. The SMILES string of the molecule is Cc1ccnc(NCc2cccc(C(=O)N3CCCC3C(N)=O)c2)n1. The predicted molar refractivity (Wildman–Crippen MR) is 93.8 cm³/mol. The molecule has 1 aromatic carbocycles. The van der Waals surface area contributed by atoms with Gasteiger partial charge in [0.25, 0.3) is 5.91 Å². The van der Waals surface area contributed by atoms with Gasteiger partial charge in [-0.3, -0.25) is 9.59 Å². The zero-order valence-electron chi connectivity index (χ0n) is 14.1. The Morgan fingerprint density at radius 1 is 1.36 bits per heavy atom. The molecule has 1 aromatic heterocycles. The molecule has 0 spiro atoms. The average Bonchev–Trinajstić information content (AvgIpc) is 3.10. The van der Waals surface area contributed by atoms with Crippen LogP contribution in [0.4, 0.5) is 5.95 Å². The number of benzene rings is 1. The average molecular weight is 339 g/mol. The van der Waals surface area contributed by atoms with Crippen LogP contribution in [0.25, 0.3) is 0 Å². The molecule has 25 heavy (non-hydrogen) atoms.